The van der Waals surface area contributed by atoms with Crippen LogP contribution in [0.3, 0.4) is 0 Å². The van der Waals surface area contributed by atoms with Crippen LogP contribution in [0.2, 0.25) is 8.67 Å². The van der Waals surface area contributed by atoms with Gasteiger partial charge in [-0.25, -0.2) is 13.1 Å². The molecule has 1 aliphatic carbocycles. The van der Waals surface area contributed by atoms with E-state index in [9.17, 15) is 8.42 Å². The van der Waals surface area contributed by atoms with Crippen molar-refractivity contribution in [2.24, 2.45) is 5.92 Å². The molecule has 1 aliphatic rings. The number of hydrogen-bond donors (Lipinski definition) is 2. The Morgan fingerprint density at radius 3 is 2.59 bits per heavy atom. The summed E-state index contributed by atoms with van der Waals surface area (Å²) in [7, 11) is -3.60. The Hall–Kier alpha value is 0.150. The maximum atomic E-state index is 11.9. The Labute approximate surface area is 114 Å². The summed E-state index contributed by atoms with van der Waals surface area (Å²) in [6.07, 6.45) is 0.991. The number of rotatable bonds is 4. The maximum Gasteiger partial charge on any atom is 0.242 e. The Kier molecular flexibility index (Phi) is 4.02. The topological polar surface area (TPSA) is 66.4 Å². The molecule has 0 bridgehead atoms. The molecule has 0 atom stereocenters. The molecule has 0 radical (unpaired) electrons. The van der Waals surface area contributed by atoms with Gasteiger partial charge in [-0.2, -0.15) is 0 Å². The molecule has 0 aromatic carbocycles. The van der Waals surface area contributed by atoms with Crippen molar-refractivity contribution in [3.05, 3.63) is 14.7 Å². The van der Waals surface area contributed by atoms with E-state index in [0.29, 0.717) is 23.7 Å². The zero-order chi connectivity index (χ0) is 12.6. The number of aliphatic hydroxyl groups is 1. The van der Waals surface area contributed by atoms with E-state index >= 15 is 0 Å². The van der Waals surface area contributed by atoms with Gasteiger partial charge in [0.25, 0.3) is 0 Å². The van der Waals surface area contributed by atoms with Crippen LogP contribution in [0, 0.1) is 5.92 Å². The highest BCUT2D eigenvalue weighted by Gasteiger charge is 2.29. The smallest absolute Gasteiger partial charge is 0.242 e. The van der Waals surface area contributed by atoms with Gasteiger partial charge < -0.3 is 5.11 Å². The fourth-order valence-electron chi connectivity index (χ4n) is 1.68. The minimum Gasteiger partial charge on any atom is -0.393 e. The zero-order valence-corrected chi connectivity index (χ0v) is 11.8. The third-order valence-corrected chi connectivity index (χ3v) is 5.86. The summed E-state index contributed by atoms with van der Waals surface area (Å²) >= 11 is 12.5. The predicted molar refractivity (Wildman–Crippen MR) is 68.3 cm³/mol. The lowest BCUT2D eigenvalue weighted by Crippen LogP contribution is -2.38. The van der Waals surface area contributed by atoms with Gasteiger partial charge in [-0.1, -0.05) is 23.2 Å². The van der Waals surface area contributed by atoms with E-state index < -0.39 is 10.0 Å². The van der Waals surface area contributed by atoms with Gasteiger partial charge in [-0.15, -0.1) is 11.3 Å². The Morgan fingerprint density at radius 2 is 2.12 bits per heavy atom. The van der Waals surface area contributed by atoms with Gasteiger partial charge >= 0.3 is 0 Å². The van der Waals surface area contributed by atoms with Crippen molar-refractivity contribution in [1.82, 2.24) is 4.72 Å². The minimum atomic E-state index is -3.60. The van der Waals surface area contributed by atoms with E-state index in [2.05, 4.69) is 4.72 Å². The Bertz CT molecular complexity index is 508. The summed E-state index contributed by atoms with van der Waals surface area (Å²) in [5.41, 5.74) is 0. The lowest BCUT2D eigenvalue weighted by Gasteiger charge is -2.31. The van der Waals surface area contributed by atoms with Crippen LogP contribution < -0.4 is 4.72 Å². The molecule has 2 N–H and O–H groups in total. The average molecular weight is 316 g/mol. The molecule has 8 heteroatoms. The molecule has 0 spiro atoms. The molecule has 1 aromatic heterocycles. The number of thiophene rings is 1. The summed E-state index contributed by atoms with van der Waals surface area (Å²) in [4.78, 5) is 0.0223. The van der Waals surface area contributed by atoms with Gasteiger partial charge in [0.2, 0.25) is 10.0 Å². The fraction of sp³-hybridized carbons (Fsp3) is 0.556. The van der Waals surface area contributed by atoms with Gasteiger partial charge in [0.15, 0.2) is 0 Å². The van der Waals surface area contributed by atoms with Crippen molar-refractivity contribution in [1.29, 1.82) is 0 Å². The summed E-state index contributed by atoms with van der Waals surface area (Å²) in [5.74, 6) is 0.202. The SMILES string of the molecule is O=S(=O)(NCC1CC(O)C1)c1cc(Cl)sc1Cl. The van der Waals surface area contributed by atoms with E-state index in [1.807, 2.05) is 0 Å². The van der Waals surface area contributed by atoms with Gasteiger partial charge in [0, 0.05) is 6.54 Å². The molecule has 4 nitrogen and oxygen atoms in total. The monoisotopic (exact) mass is 315 g/mol. The van der Waals surface area contributed by atoms with Gasteiger partial charge in [0.1, 0.15) is 9.23 Å². The number of halogens is 2. The highest BCUT2D eigenvalue weighted by Crippen LogP contribution is 2.34. The first-order valence-electron chi connectivity index (χ1n) is 5.01. The highest BCUT2D eigenvalue weighted by atomic mass is 35.5. The van der Waals surface area contributed by atoms with Crippen LogP contribution in [0.25, 0.3) is 0 Å². The van der Waals surface area contributed by atoms with Crippen molar-refractivity contribution >= 4 is 44.6 Å². The third kappa shape index (κ3) is 3.13. The number of sulfonamides is 1. The van der Waals surface area contributed by atoms with Crippen molar-refractivity contribution in [2.75, 3.05) is 6.54 Å². The number of aliphatic hydroxyl groups excluding tert-OH is 1. The van der Waals surface area contributed by atoms with E-state index in [0.717, 1.165) is 11.3 Å². The molecule has 0 unspecified atom stereocenters. The van der Waals surface area contributed by atoms with Crippen molar-refractivity contribution in [2.45, 2.75) is 23.8 Å². The zero-order valence-electron chi connectivity index (χ0n) is 8.69. The molecule has 1 aromatic rings. The molecule has 1 fully saturated rings. The van der Waals surface area contributed by atoms with E-state index in [1.54, 1.807) is 0 Å². The van der Waals surface area contributed by atoms with Crippen molar-refractivity contribution in [3.63, 3.8) is 0 Å². The average Bonchev–Trinajstić information content (AvgIpc) is 2.51. The van der Waals surface area contributed by atoms with Crippen LogP contribution in [0.5, 0.6) is 0 Å². The van der Waals surface area contributed by atoms with Crippen molar-refractivity contribution < 1.29 is 13.5 Å². The molecule has 96 valence electrons. The molecule has 2 rings (SSSR count). The van der Waals surface area contributed by atoms with Crippen LogP contribution in [-0.4, -0.2) is 26.2 Å². The van der Waals surface area contributed by atoms with E-state index in [4.69, 9.17) is 28.3 Å². The minimum absolute atomic E-state index is 0.0223. The number of hydrogen-bond acceptors (Lipinski definition) is 4. The van der Waals surface area contributed by atoms with Crippen LogP contribution in [0.15, 0.2) is 11.0 Å². The molecular formula is C9H11Cl2NO3S2. The molecule has 0 aliphatic heterocycles. The van der Waals surface area contributed by atoms with E-state index in [1.165, 1.54) is 6.07 Å². The normalized spacial score (nSPS) is 24.6. The molecule has 1 saturated carbocycles. The second-order valence-corrected chi connectivity index (χ2v) is 8.05. The molecule has 17 heavy (non-hydrogen) atoms. The first kappa shape index (κ1) is 13.6. The first-order valence-corrected chi connectivity index (χ1v) is 8.06. The quantitative estimate of drug-likeness (QED) is 0.894. The van der Waals surface area contributed by atoms with Crippen LogP contribution in [0.4, 0.5) is 0 Å². The Balaban J connectivity index is 2.01. The maximum absolute atomic E-state index is 11.9. The standard InChI is InChI=1S/C9H11Cl2NO3S2/c10-8-3-7(9(11)16-8)17(14,15)12-4-5-1-6(13)2-5/h3,5-6,12-13H,1-2,4H2. The third-order valence-electron chi connectivity index (χ3n) is 2.69. The molecule has 0 amide bonds. The Morgan fingerprint density at radius 1 is 1.47 bits per heavy atom. The summed E-state index contributed by atoms with van der Waals surface area (Å²) in [6, 6.07) is 1.34. The van der Waals surface area contributed by atoms with Gasteiger partial charge in [-0.05, 0) is 24.8 Å². The first-order chi connectivity index (χ1) is 7.88. The van der Waals surface area contributed by atoms with Gasteiger partial charge in [0.05, 0.1) is 10.4 Å². The van der Waals surface area contributed by atoms with E-state index in [-0.39, 0.29) is 21.3 Å². The second-order valence-electron chi connectivity index (χ2n) is 4.03. The predicted octanol–water partition coefficient (Wildman–Crippen LogP) is 2.10. The van der Waals surface area contributed by atoms with Crippen LogP contribution >= 0.6 is 34.5 Å². The lowest BCUT2D eigenvalue weighted by atomic mass is 9.83. The largest absolute Gasteiger partial charge is 0.393 e. The lowest BCUT2D eigenvalue weighted by molar-refractivity contribution is 0.0453. The second kappa shape index (κ2) is 5.03. The highest BCUT2D eigenvalue weighted by molar-refractivity contribution is 7.89. The summed E-state index contributed by atoms with van der Waals surface area (Å²) < 4.78 is 26.7. The van der Waals surface area contributed by atoms with Crippen LogP contribution in [-0.2, 0) is 10.0 Å². The molecule has 0 saturated heterocycles. The fourth-order valence-corrected chi connectivity index (χ4v) is 4.94. The number of nitrogens with one attached hydrogen (secondary N) is 1. The van der Waals surface area contributed by atoms with Crippen LogP contribution in [0.1, 0.15) is 12.8 Å². The molecule has 1 heterocycles. The summed E-state index contributed by atoms with van der Waals surface area (Å²) in [6.45, 7) is 0.323. The van der Waals surface area contributed by atoms with Gasteiger partial charge in [-0.3, -0.25) is 0 Å². The molecular weight excluding hydrogens is 305 g/mol. The summed E-state index contributed by atoms with van der Waals surface area (Å²) in [5, 5.41) is 9.10. The van der Waals surface area contributed by atoms with Crippen molar-refractivity contribution in [3.8, 4) is 0 Å².